The first-order chi connectivity index (χ1) is 11.6. The number of H-pyrrole nitrogens is 1. The molecular formula is C15H14N6O2S. The van der Waals surface area contributed by atoms with Gasteiger partial charge in [0.25, 0.3) is 0 Å². The second-order valence-electron chi connectivity index (χ2n) is 4.94. The Morgan fingerprint density at radius 1 is 1.33 bits per heavy atom. The highest BCUT2D eigenvalue weighted by Crippen LogP contribution is 2.16. The Labute approximate surface area is 141 Å². The van der Waals surface area contributed by atoms with Crippen molar-refractivity contribution in [2.75, 3.05) is 5.32 Å². The lowest BCUT2D eigenvalue weighted by Gasteiger charge is -1.96. The third-order valence-corrected chi connectivity index (χ3v) is 3.91. The van der Waals surface area contributed by atoms with Crippen LogP contribution in [0, 0.1) is 0 Å². The lowest BCUT2D eigenvalue weighted by Crippen LogP contribution is -2.19. The Bertz CT molecular complexity index is 913. The summed E-state index contributed by atoms with van der Waals surface area (Å²) < 4.78 is 0. The minimum Gasteiger partial charge on any atom is -0.361 e. The Kier molecular flexibility index (Phi) is 4.62. The highest BCUT2D eigenvalue weighted by molar-refractivity contribution is 7.15. The second-order valence-corrected chi connectivity index (χ2v) is 6.00. The lowest BCUT2D eigenvalue weighted by molar-refractivity contribution is -0.120. The summed E-state index contributed by atoms with van der Waals surface area (Å²) in [6.45, 7) is 1.38. The van der Waals surface area contributed by atoms with Gasteiger partial charge in [0.2, 0.25) is 16.9 Å². The Balaban J connectivity index is 1.57. The quantitative estimate of drug-likeness (QED) is 0.483. The molecule has 0 saturated heterocycles. The average Bonchev–Trinajstić information content (AvgIpc) is 3.14. The molecule has 2 amide bonds. The zero-order valence-electron chi connectivity index (χ0n) is 12.7. The predicted octanol–water partition coefficient (Wildman–Crippen LogP) is 1.67. The molecule has 122 valence electrons. The fourth-order valence-electron chi connectivity index (χ4n) is 2.08. The summed E-state index contributed by atoms with van der Waals surface area (Å²) in [5.74, 6) is -0.540. The number of amides is 2. The van der Waals surface area contributed by atoms with Crippen molar-refractivity contribution in [1.82, 2.24) is 20.6 Å². The van der Waals surface area contributed by atoms with Crippen molar-refractivity contribution in [2.24, 2.45) is 5.10 Å². The first-order valence-corrected chi connectivity index (χ1v) is 7.91. The zero-order chi connectivity index (χ0) is 16.9. The molecule has 8 nitrogen and oxygen atoms in total. The standard InChI is InChI=1S/C15H14N6O2S/c1-9(22)18-15-21-20-14(24-15)6-13(23)19-17-8-10-7-16-12-5-3-2-4-11(10)12/h2-5,7-8,16H,6H2,1H3,(H,19,23)(H,18,21,22)/b17-8+. The van der Waals surface area contributed by atoms with E-state index in [1.54, 1.807) is 6.21 Å². The van der Waals surface area contributed by atoms with Crippen LogP contribution in [-0.2, 0) is 16.0 Å². The van der Waals surface area contributed by atoms with E-state index in [0.29, 0.717) is 10.1 Å². The monoisotopic (exact) mass is 342 g/mol. The van der Waals surface area contributed by atoms with Gasteiger partial charge in [-0.05, 0) is 6.07 Å². The number of rotatable bonds is 5. The molecule has 0 fully saturated rings. The van der Waals surface area contributed by atoms with E-state index in [9.17, 15) is 9.59 Å². The SMILES string of the molecule is CC(=O)Nc1nnc(CC(=O)N/N=C/c2c[nH]c3ccccc23)s1. The Morgan fingerprint density at radius 3 is 3.00 bits per heavy atom. The minimum absolute atomic E-state index is 0.0441. The van der Waals surface area contributed by atoms with Gasteiger partial charge >= 0.3 is 0 Å². The maximum atomic E-state index is 11.9. The Morgan fingerprint density at radius 2 is 2.17 bits per heavy atom. The normalized spacial score (nSPS) is 11.0. The summed E-state index contributed by atoms with van der Waals surface area (Å²) in [5, 5.41) is 16.0. The maximum Gasteiger partial charge on any atom is 0.247 e. The number of benzene rings is 1. The van der Waals surface area contributed by atoms with Crippen molar-refractivity contribution in [3.05, 3.63) is 41.0 Å². The molecular weight excluding hydrogens is 328 g/mol. The zero-order valence-corrected chi connectivity index (χ0v) is 13.6. The lowest BCUT2D eigenvalue weighted by atomic mass is 10.2. The summed E-state index contributed by atoms with van der Waals surface area (Å²) in [5.41, 5.74) is 4.34. The number of anilines is 1. The number of aromatic nitrogens is 3. The topological polar surface area (TPSA) is 112 Å². The first kappa shape index (κ1) is 15.8. The summed E-state index contributed by atoms with van der Waals surface area (Å²) >= 11 is 1.15. The van der Waals surface area contributed by atoms with Crippen molar-refractivity contribution in [1.29, 1.82) is 0 Å². The predicted molar refractivity (Wildman–Crippen MR) is 92.0 cm³/mol. The van der Waals surface area contributed by atoms with Crippen molar-refractivity contribution < 1.29 is 9.59 Å². The van der Waals surface area contributed by atoms with Crippen molar-refractivity contribution in [3.63, 3.8) is 0 Å². The molecule has 0 aliphatic rings. The molecule has 0 saturated carbocycles. The molecule has 24 heavy (non-hydrogen) atoms. The molecule has 9 heteroatoms. The van der Waals surface area contributed by atoms with Gasteiger partial charge in [-0.3, -0.25) is 9.59 Å². The van der Waals surface area contributed by atoms with Gasteiger partial charge in [-0.25, -0.2) is 5.43 Å². The van der Waals surface area contributed by atoms with Crippen molar-refractivity contribution in [2.45, 2.75) is 13.3 Å². The molecule has 3 aromatic rings. The summed E-state index contributed by atoms with van der Waals surface area (Å²) in [6.07, 6.45) is 3.45. The molecule has 3 rings (SSSR count). The van der Waals surface area contributed by atoms with E-state index in [0.717, 1.165) is 27.8 Å². The third-order valence-electron chi connectivity index (χ3n) is 3.08. The maximum absolute atomic E-state index is 11.9. The minimum atomic E-state index is -0.309. The number of carbonyl (C=O) groups excluding carboxylic acids is 2. The van der Waals surface area contributed by atoms with Gasteiger partial charge in [-0.15, -0.1) is 10.2 Å². The summed E-state index contributed by atoms with van der Waals surface area (Å²) in [7, 11) is 0. The van der Waals surface area contributed by atoms with Crippen LogP contribution < -0.4 is 10.7 Å². The van der Waals surface area contributed by atoms with Crippen LogP contribution in [0.1, 0.15) is 17.5 Å². The van der Waals surface area contributed by atoms with Crippen molar-refractivity contribution >= 4 is 45.4 Å². The molecule has 2 aromatic heterocycles. The van der Waals surface area contributed by atoms with Crippen LogP contribution in [0.4, 0.5) is 5.13 Å². The van der Waals surface area contributed by atoms with Crippen LogP contribution in [0.2, 0.25) is 0 Å². The van der Waals surface area contributed by atoms with Gasteiger partial charge in [0, 0.05) is 29.6 Å². The molecule has 2 heterocycles. The van der Waals surface area contributed by atoms with E-state index in [1.165, 1.54) is 6.92 Å². The van der Waals surface area contributed by atoms with Gasteiger partial charge in [0.15, 0.2) is 0 Å². The fourth-order valence-corrected chi connectivity index (χ4v) is 2.86. The van der Waals surface area contributed by atoms with Gasteiger partial charge in [0.05, 0.1) is 12.6 Å². The third kappa shape index (κ3) is 3.82. The molecule has 0 bridgehead atoms. The number of aromatic amines is 1. The molecule has 1 aromatic carbocycles. The van der Waals surface area contributed by atoms with Gasteiger partial charge in [-0.2, -0.15) is 5.10 Å². The molecule has 0 atom stereocenters. The molecule has 0 aliphatic carbocycles. The number of hydrogen-bond donors (Lipinski definition) is 3. The van der Waals surface area contributed by atoms with Crippen molar-refractivity contribution in [3.8, 4) is 0 Å². The fraction of sp³-hybridized carbons (Fsp3) is 0.133. The van der Waals surface area contributed by atoms with Crippen LogP contribution in [-0.4, -0.2) is 33.2 Å². The van der Waals surface area contributed by atoms with E-state index in [1.807, 2.05) is 30.5 Å². The van der Waals surface area contributed by atoms with Crippen LogP contribution >= 0.6 is 11.3 Å². The number of carbonyl (C=O) groups is 2. The van der Waals surface area contributed by atoms with E-state index >= 15 is 0 Å². The number of nitrogens with zero attached hydrogens (tertiary/aromatic N) is 3. The van der Waals surface area contributed by atoms with Crippen LogP contribution in [0.25, 0.3) is 10.9 Å². The average molecular weight is 342 g/mol. The van der Waals surface area contributed by atoms with E-state index in [4.69, 9.17) is 0 Å². The number of hydrazone groups is 1. The highest BCUT2D eigenvalue weighted by Gasteiger charge is 2.09. The van der Waals surface area contributed by atoms with Crippen LogP contribution in [0.15, 0.2) is 35.6 Å². The molecule has 0 spiro atoms. The number of hydrogen-bond acceptors (Lipinski definition) is 6. The first-order valence-electron chi connectivity index (χ1n) is 7.10. The Hall–Kier alpha value is -3.07. The highest BCUT2D eigenvalue weighted by atomic mass is 32.1. The van der Waals surface area contributed by atoms with Crippen LogP contribution in [0.5, 0.6) is 0 Å². The second kappa shape index (κ2) is 7.01. The van der Waals surface area contributed by atoms with Gasteiger partial charge in [0.1, 0.15) is 5.01 Å². The number of nitrogens with one attached hydrogen (secondary N) is 3. The van der Waals surface area contributed by atoms with Gasteiger partial charge < -0.3 is 10.3 Å². The molecule has 0 unspecified atom stereocenters. The van der Waals surface area contributed by atoms with Crippen LogP contribution in [0.3, 0.4) is 0 Å². The largest absolute Gasteiger partial charge is 0.361 e. The summed E-state index contributed by atoms with van der Waals surface area (Å²) in [6, 6.07) is 7.82. The van der Waals surface area contributed by atoms with E-state index in [2.05, 4.69) is 31.0 Å². The number of fused-ring (bicyclic) bond motifs is 1. The number of para-hydroxylation sites is 1. The van der Waals surface area contributed by atoms with Gasteiger partial charge in [-0.1, -0.05) is 29.5 Å². The molecule has 0 aliphatic heterocycles. The summed E-state index contributed by atoms with van der Waals surface area (Å²) in [4.78, 5) is 25.9. The molecule has 0 radical (unpaired) electrons. The smallest absolute Gasteiger partial charge is 0.247 e. The van der Waals surface area contributed by atoms with E-state index < -0.39 is 0 Å². The molecule has 3 N–H and O–H groups in total. The van der Waals surface area contributed by atoms with E-state index in [-0.39, 0.29) is 18.2 Å².